The van der Waals surface area contributed by atoms with E-state index in [1.165, 1.54) is 23.1 Å². The van der Waals surface area contributed by atoms with Crippen molar-refractivity contribution in [2.24, 2.45) is 0 Å². The van der Waals surface area contributed by atoms with E-state index in [-0.39, 0.29) is 11.5 Å². The molecule has 0 saturated heterocycles. The van der Waals surface area contributed by atoms with E-state index in [1.807, 2.05) is 23.6 Å². The quantitative estimate of drug-likeness (QED) is 0.532. The number of hydrogen-bond donors (Lipinski definition) is 0. The molecule has 0 atom stereocenters. The predicted octanol–water partition coefficient (Wildman–Crippen LogP) is 3.17. The molecule has 0 aliphatic heterocycles. The van der Waals surface area contributed by atoms with Gasteiger partial charge in [-0.1, -0.05) is 23.9 Å². The van der Waals surface area contributed by atoms with Gasteiger partial charge in [-0.25, -0.2) is 0 Å². The van der Waals surface area contributed by atoms with Crippen LogP contribution in [-0.4, -0.2) is 26.7 Å². The molecule has 20 heavy (non-hydrogen) atoms. The molecule has 3 aromatic rings. The molecule has 5 nitrogen and oxygen atoms in total. The zero-order chi connectivity index (χ0) is 13.8. The molecule has 0 saturated carbocycles. The SMILES string of the molecule is O=C(CSc1nnc(-c2ccccn2)o1)c1cccs1. The lowest BCUT2D eigenvalue weighted by Gasteiger charge is -1.94. The number of thioether (sulfide) groups is 1. The first-order valence-corrected chi connectivity index (χ1v) is 7.64. The van der Waals surface area contributed by atoms with E-state index in [1.54, 1.807) is 18.3 Å². The number of carbonyl (C=O) groups is 1. The van der Waals surface area contributed by atoms with E-state index in [0.717, 1.165) is 4.88 Å². The fourth-order valence-corrected chi connectivity index (χ4v) is 2.90. The van der Waals surface area contributed by atoms with Gasteiger partial charge in [0.25, 0.3) is 11.1 Å². The second-order valence-corrected chi connectivity index (χ2v) is 5.65. The standard InChI is InChI=1S/C13H9N3O2S2/c17-10(11-5-3-7-19-11)8-20-13-16-15-12(18-13)9-4-1-2-6-14-9/h1-7H,8H2. The average molecular weight is 303 g/mol. The zero-order valence-corrected chi connectivity index (χ0v) is 11.9. The minimum Gasteiger partial charge on any atom is -0.410 e. The zero-order valence-electron chi connectivity index (χ0n) is 10.2. The molecule has 0 aliphatic carbocycles. The maximum atomic E-state index is 11.8. The number of rotatable bonds is 5. The van der Waals surface area contributed by atoms with Gasteiger partial charge < -0.3 is 4.42 Å². The lowest BCUT2D eigenvalue weighted by atomic mass is 10.3. The van der Waals surface area contributed by atoms with Gasteiger partial charge in [0.05, 0.1) is 10.6 Å². The summed E-state index contributed by atoms with van der Waals surface area (Å²) in [6.07, 6.45) is 1.66. The first kappa shape index (κ1) is 13.0. The Morgan fingerprint density at radius 1 is 1.25 bits per heavy atom. The molecule has 0 fully saturated rings. The van der Waals surface area contributed by atoms with Gasteiger partial charge in [0.1, 0.15) is 5.69 Å². The number of Topliss-reactive ketones (excluding diaryl/α,β-unsaturated/α-hetero) is 1. The lowest BCUT2D eigenvalue weighted by Crippen LogP contribution is -1.98. The van der Waals surface area contributed by atoms with Crippen molar-refractivity contribution < 1.29 is 9.21 Å². The number of pyridine rings is 1. The van der Waals surface area contributed by atoms with Crippen molar-refractivity contribution in [2.45, 2.75) is 5.22 Å². The summed E-state index contributed by atoms with van der Waals surface area (Å²) >= 11 is 2.66. The van der Waals surface area contributed by atoms with Crippen LogP contribution in [0.4, 0.5) is 0 Å². The van der Waals surface area contributed by atoms with Crippen molar-refractivity contribution in [3.05, 3.63) is 46.8 Å². The van der Waals surface area contributed by atoms with Crippen LogP contribution >= 0.6 is 23.1 Å². The van der Waals surface area contributed by atoms with Crippen molar-refractivity contribution in [1.82, 2.24) is 15.2 Å². The Bertz CT molecular complexity index is 696. The second kappa shape index (κ2) is 5.98. The molecule has 100 valence electrons. The Kier molecular flexibility index (Phi) is 3.89. The molecular formula is C13H9N3O2S2. The molecule has 0 amide bonds. The fourth-order valence-electron chi connectivity index (χ4n) is 1.50. The van der Waals surface area contributed by atoms with Crippen LogP contribution in [0.2, 0.25) is 0 Å². The summed E-state index contributed by atoms with van der Waals surface area (Å²) in [5, 5.41) is 10.1. The third-order valence-corrected chi connectivity index (χ3v) is 4.14. The summed E-state index contributed by atoms with van der Waals surface area (Å²) in [5.41, 5.74) is 0.622. The van der Waals surface area contributed by atoms with Crippen LogP contribution < -0.4 is 0 Å². The van der Waals surface area contributed by atoms with Crippen LogP contribution in [0.1, 0.15) is 9.67 Å². The van der Waals surface area contributed by atoms with Gasteiger partial charge in [-0.3, -0.25) is 9.78 Å². The first-order chi connectivity index (χ1) is 9.83. The van der Waals surface area contributed by atoms with Gasteiger partial charge in [0.15, 0.2) is 5.78 Å². The summed E-state index contributed by atoms with van der Waals surface area (Å²) in [7, 11) is 0. The van der Waals surface area contributed by atoms with E-state index < -0.39 is 0 Å². The highest BCUT2D eigenvalue weighted by atomic mass is 32.2. The molecule has 0 unspecified atom stereocenters. The average Bonchev–Trinajstić information content (AvgIpc) is 3.17. The number of nitrogens with zero attached hydrogens (tertiary/aromatic N) is 3. The monoisotopic (exact) mass is 303 g/mol. The van der Waals surface area contributed by atoms with Crippen LogP contribution in [0.25, 0.3) is 11.6 Å². The van der Waals surface area contributed by atoms with Gasteiger partial charge in [0, 0.05) is 6.20 Å². The Labute approximate surface area is 123 Å². The molecule has 0 radical (unpaired) electrons. The topological polar surface area (TPSA) is 68.9 Å². The summed E-state index contributed by atoms with van der Waals surface area (Å²) in [6, 6.07) is 9.11. The lowest BCUT2D eigenvalue weighted by molar-refractivity contribution is 0.102. The van der Waals surface area contributed by atoms with Crippen molar-refractivity contribution in [3.63, 3.8) is 0 Å². The van der Waals surface area contributed by atoms with Gasteiger partial charge in [-0.2, -0.15) is 0 Å². The summed E-state index contributed by atoms with van der Waals surface area (Å²) in [5.74, 6) is 0.698. The van der Waals surface area contributed by atoms with E-state index in [2.05, 4.69) is 15.2 Å². The largest absolute Gasteiger partial charge is 0.410 e. The smallest absolute Gasteiger partial charge is 0.277 e. The van der Waals surface area contributed by atoms with Crippen molar-refractivity contribution in [3.8, 4) is 11.6 Å². The van der Waals surface area contributed by atoms with Crippen molar-refractivity contribution >= 4 is 28.9 Å². The van der Waals surface area contributed by atoms with Crippen LogP contribution in [0.5, 0.6) is 0 Å². The molecule has 0 N–H and O–H groups in total. The normalized spacial score (nSPS) is 10.6. The Balaban J connectivity index is 1.65. The van der Waals surface area contributed by atoms with Crippen LogP contribution in [0.15, 0.2) is 51.5 Å². The molecule has 0 bridgehead atoms. The van der Waals surface area contributed by atoms with Crippen LogP contribution in [0.3, 0.4) is 0 Å². The Hall–Kier alpha value is -1.99. The van der Waals surface area contributed by atoms with Crippen LogP contribution in [-0.2, 0) is 0 Å². The molecule has 7 heteroatoms. The fraction of sp³-hybridized carbons (Fsp3) is 0.0769. The van der Waals surface area contributed by atoms with E-state index in [4.69, 9.17) is 4.42 Å². The van der Waals surface area contributed by atoms with Crippen LogP contribution in [0, 0.1) is 0 Å². The molecule has 3 rings (SSSR count). The number of hydrogen-bond acceptors (Lipinski definition) is 7. The van der Waals surface area contributed by atoms with Gasteiger partial charge in [-0.05, 0) is 23.6 Å². The maximum Gasteiger partial charge on any atom is 0.277 e. The second-order valence-electron chi connectivity index (χ2n) is 3.78. The minimum absolute atomic E-state index is 0.0580. The van der Waals surface area contributed by atoms with Crippen molar-refractivity contribution in [1.29, 1.82) is 0 Å². The maximum absolute atomic E-state index is 11.8. The third-order valence-electron chi connectivity index (χ3n) is 2.41. The minimum atomic E-state index is 0.0580. The summed E-state index contributed by atoms with van der Waals surface area (Å²) < 4.78 is 5.47. The van der Waals surface area contributed by atoms with Crippen molar-refractivity contribution in [2.75, 3.05) is 5.75 Å². The number of thiophene rings is 1. The number of carbonyl (C=O) groups excluding carboxylic acids is 1. The molecule has 0 aliphatic rings. The number of ketones is 1. The van der Waals surface area contributed by atoms with Gasteiger partial charge in [-0.15, -0.1) is 21.5 Å². The molecule has 0 spiro atoms. The van der Waals surface area contributed by atoms with E-state index >= 15 is 0 Å². The highest BCUT2D eigenvalue weighted by molar-refractivity contribution is 7.99. The molecule has 3 heterocycles. The summed E-state index contributed by atoms with van der Waals surface area (Å²) in [4.78, 5) is 16.7. The predicted molar refractivity (Wildman–Crippen MR) is 76.9 cm³/mol. The molecular weight excluding hydrogens is 294 g/mol. The van der Waals surface area contributed by atoms with Gasteiger partial charge in [0.2, 0.25) is 0 Å². The first-order valence-electron chi connectivity index (χ1n) is 5.77. The molecule has 3 aromatic heterocycles. The highest BCUT2D eigenvalue weighted by Crippen LogP contribution is 2.23. The highest BCUT2D eigenvalue weighted by Gasteiger charge is 2.13. The van der Waals surface area contributed by atoms with Gasteiger partial charge >= 0.3 is 0 Å². The van der Waals surface area contributed by atoms with E-state index in [9.17, 15) is 4.79 Å². The van der Waals surface area contributed by atoms with E-state index in [0.29, 0.717) is 16.8 Å². The Morgan fingerprint density at radius 3 is 2.95 bits per heavy atom. The summed E-state index contributed by atoms with van der Waals surface area (Å²) in [6.45, 7) is 0. The number of aromatic nitrogens is 3. The Morgan fingerprint density at radius 2 is 2.20 bits per heavy atom. The third kappa shape index (κ3) is 2.94. The molecule has 0 aromatic carbocycles.